The van der Waals surface area contributed by atoms with Gasteiger partial charge in [-0.2, -0.15) is 13.2 Å². The number of pyridine rings is 1. The second-order valence-corrected chi connectivity index (χ2v) is 4.59. The van der Waals surface area contributed by atoms with E-state index in [0.717, 1.165) is 6.07 Å². The quantitative estimate of drug-likeness (QED) is 0.582. The molecule has 0 aliphatic carbocycles. The number of hydrogen-bond acceptors (Lipinski definition) is 2. The number of nitrogens with zero attached hydrogens (tertiary/aromatic N) is 1. The molecule has 6 heteroatoms. The molecule has 0 unspecified atom stereocenters. The number of rotatable bonds is 1. The maximum absolute atomic E-state index is 12.8. The van der Waals surface area contributed by atoms with Crippen molar-refractivity contribution in [2.75, 3.05) is 0 Å². The topological polar surface area (TPSA) is 30.0 Å². The number of aromatic nitrogens is 1. The molecule has 2 aromatic rings. The third kappa shape index (κ3) is 2.38. The van der Waals surface area contributed by atoms with Crippen molar-refractivity contribution in [3.8, 4) is 0 Å². The van der Waals surface area contributed by atoms with Gasteiger partial charge < -0.3 is 0 Å². The molecule has 0 saturated carbocycles. The summed E-state index contributed by atoms with van der Waals surface area (Å²) in [7, 11) is 0. The minimum atomic E-state index is -4.46. The zero-order valence-electron chi connectivity index (χ0n) is 9.18. The third-order valence-corrected chi connectivity index (χ3v) is 2.90. The van der Waals surface area contributed by atoms with Crippen LogP contribution >= 0.6 is 15.9 Å². The monoisotopic (exact) mass is 317 g/mol. The third-order valence-electron chi connectivity index (χ3n) is 2.49. The van der Waals surface area contributed by atoms with Crippen LogP contribution in [0, 0.1) is 0 Å². The van der Waals surface area contributed by atoms with E-state index in [-0.39, 0.29) is 21.3 Å². The van der Waals surface area contributed by atoms with Crippen LogP contribution in [0.3, 0.4) is 0 Å². The van der Waals surface area contributed by atoms with Crippen molar-refractivity contribution in [2.24, 2.45) is 0 Å². The van der Waals surface area contributed by atoms with Crippen LogP contribution in [-0.4, -0.2) is 10.8 Å². The van der Waals surface area contributed by atoms with Gasteiger partial charge in [-0.25, -0.2) is 4.98 Å². The van der Waals surface area contributed by atoms with Crippen LogP contribution in [0.2, 0.25) is 0 Å². The lowest BCUT2D eigenvalue weighted by atomic mass is 10.0. The number of ketones is 1. The van der Waals surface area contributed by atoms with Gasteiger partial charge in [-0.05, 0) is 35.0 Å². The van der Waals surface area contributed by atoms with E-state index >= 15 is 0 Å². The molecular formula is C12H7BrF3NO. The van der Waals surface area contributed by atoms with E-state index < -0.39 is 11.7 Å². The van der Waals surface area contributed by atoms with Gasteiger partial charge in [-0.1, -0.05) is 12.1 Å². The van der Waals surface area contributed by atoms with Gasteiger partial charge >= 0.3 is 6.18 Å². The van der Waals surface area contributed by atoms with Crippen LogP contribution < -0.4 is 0 Å². The molecule has 1 aromatic heterocycles. The number of hydrogen-bond donors (Lipinski definition) is 0. The molecule has 1 heterocycles. The molecule has 0 N–H and O–H groups in total. The molecule has 0 aliphatic heterocycles. The van der Waals surface area contributed by atoms with E-state index in [4.69, 9.17) is 0 Å². The minimum Gasteiger partial charge on any atom is -0.295 e. The molecule has 0 saturated heterocycles. The van der Waals surface area contributed by atoms with Crippen LogP contribution in [0.1, 0.15) is 22.8 Å². The first-order valence-electron chi connectivity index (χ1n) is 4.97. The summed E-state index contributed by atoms with van der Waals surface area (Å²) in [4.78, 5) is 15.2. The predicted octanol–water partition coefficient (Wildman–Crippen LogP) is 4.22. The zero-order chi connectivity index (χ0) is 13.5. The lowest BCUT2D eigenvalue weighted by Crippen LogP contribution is -2.07. The molecule has 0 bridgehead atoms. The fraction of sp³-hybridized carbons (Fsp3) is 0.167. The molecule has 1 aromatic carbocycles. The molecule has 0 amide bonds. The Kier molecular flexibility index (Phi) is 3.14. The van der Waals surface area contributed by atoms with Crippen molar-refractivity contribution < 1.29 is 18.0 Å². The smallest absolute Gasteiger partial charge is 0.295 e. The molecule has 0 aliphatic rings. The predicted molar refractivity (Wildman–Crippen MR) is 64.4 cm³/mol. The van der Waals surface area contributed by atoms with Gasteiger partial charge in [-0.3, -0.25) is 4.79 Å². The van der Waals surface area contributed by atoms with Gasteiger partial charge in [-0.15, -0.1) is 0 Å². The van der Waals surface area contributed by atoms with Crippen molar-refractivity contribution in [3.05, 3.63) is 40.0 Å². The Labute approximate surface area is 109 Å². The summed E-state index contributed by atoms with van der Waals surface area (Å²) in [6.45, 7) is 1.35. The summed E-state index contributed by atoms with van der Waals surface area (Å²) in [6.07, 6.45) is -4.46. The Morgan fingerprint density at radius 2 is 1.94 bits per heavy atom. The molecule has 0 atom stereocenters. The van der Waals surface area contributed by atoms with E-state index in [1.54, 1.807) is 0 Å². The largest absolute Gasteiger partial charge is 0.417 e. The van der Waals surface area contributed by atoms with E-state index in [1.165, 1.54) is 25.1 Å². The average molecular weight is 318 g/mol. The molecule has 0 spiro atoms. The van der Waals surface area contributed by atoms with E-state index in [1.807, 2.05) is 0 Å². The first-order chi connectivity index (χ1) is 8.29. The molecule has 0 radical (unpaired) electrons. The SMILES string of the molecule is CC(=O)c1ccc2c(C(F)(F)F)cc(Br)nc2c1. The molecule has 2 nitrogen and oxygen atoms in total. The normalized spacial score (nSPS) is 11.8. The Morgan fingerprint density at radius 3 is 2.50 bits per heavy atom. The number of Topliss-reactive ketones (excluding diaryl/α,β-unsaturated/α-hetero) is 1. The summed E-state index contributed by atoms with van der Waals surface area (Å²) < 4.78 is 38.6. The van der Waals surface area contributed by atoms with Gasteiger partial charge in [0, 0.05) is 10.9 Å². The summed E-state index contributed by atoms with van der Waals surface area (Å²) in [5.74, 6) is -0.216. The van der Waals surface area contributed by atoms with Crippen LogP contribution in [0.5, 0.6) is 0 Å². The fourth-order valence-electron chi connectivity index (χ4n) is 1.65. The van der Waals surface area contributed by atoms with Crippen LogP contribution in [0.4, 0.5) is 13.2 Å². The highest BCUT2D eigenvalue weighted by Crippen LogP contribution is 2.35. The first kappa shape index (κ1) is 13.0. The molecule has 2 rings (SSSR count). The molecule has 94 valence electrons. The Hall–Kier alpha value is -1.43. The fourth-order valence-corrected chi connectivity index (χ4v) is 2.07. The van der Waals surface area contributed by atoms with Crippen molar-refractivity contribution in [1.82, 2.24) is 4.98 Å². The Bertz CT molecular complexity index is 637. The van der Waals surface area contributed by atoms with Gasteiger partial charge in [0.1, 0.15) is 4.60 Å². The number of carbonyl (C=O) groups excluding carboxylic acids is 1. The average Bonchev–Trinajstić information content (AvgIpc) is 2.25. The zero-order valence-corrected chi connectivity index (χ0v) is 10.8. The second kappa shape index (κ2) is 4.35. The first-order valence-corrected chi connectivity index (χ1v) is 5.77. The summed E-state index contributed by atoms with van der Waals surface area (Å²) in [6, 6.07) is 4.93. The van der Waals surface area contributed by atoms with E-state index in [0.29, 0.717) is 5.56 Å². The van der Waals surface area contributed by atoms with Crippen LogP contribution in [0.25, 0.3) is 10.9 Å². The number of benzene rings is 1. The minimum absolute atomic E-state index is 0.0179. The van der Waals surface area contributed by atoms with Crippen molar-refractivity contribution in [2.45, 2.75) is 13.1 Å². The second-order valence-electron chi connectivity index (χ2n) is 3.78. The van der Waals surface area contributed by atoms with Gasteiger partial charge in [0.05, 0.1) is 11.1 Å². The summed E-state index contributed by atoms with van der Waals surface area (Å²) >= 11 is 2.94. The van der Waals surface area contributed by atoms with Crippen molar-refractivity contribution >= 4 is 32.6 Å². The number of carbonyl (C=O) groups is 1. The lowest BCUT2D eigenvalue weighted by molar-refractivity contribution is -0.136. The highest BCUT2D eigenvalue weighted by molar-refractivity contribution is 9.10. The van der Waals surface area contributed by atoms with Crippen LogP contribution in [-0.2, 0) is 6.18 Å². The lowest BCUT2D eigenvalue weighted by Gasteiger charge is -2.11. The number of alkyl halides is 3. The van der Waals surface area contributed by atoms with Crippen LogP contribution in [0.15, 0.2) is 28.9 Å². The summed E-state index contributed by atoms with van der Waals surface area (Å²) in [5, 5.41) is -0.0179. The highest BCUT2D eigenvalue weighted by atomic mass is 79.9. The summed E-state index contributed by atoms with van der Waals surface area (Å²) in [5.41, 5.74) is -0.292. The maximum atomic E-state index is 12.8. The standard InChI is InChI=1S/C12H7BrF3NO/c1-6(18)7-2-3-8-9(12(14,15)16)5-11(13)17-10(8)4-7/h2-5H,1H3. The Balaban J connectivity index is 2.79. The highest BCUT2D eigenvalue weighted by Gasteiger charge is 2.33. The van der Waals surface area contributed by atoms with E-state index in [9.17, 15) is 18.0 Å². The van der Waals surface area contributed by atoms with Gasteiger partial charge in [0.2, 0.25) is 0 Å². The van der Waals surface area contributed by atoms with Crippen molar-refractivity contribution in [1.29, 1.82) is 0 Å². The molecular weight excluding hydrogens is 311 g/mol. The van der Waals surface area contributed by atoms with Gasteiger partial charge in [0.25, 0.3) is 0 Å². The van der Waals surface area contributed by atoms with Gasteiger partial charge in [0.15, 0.2) is 5.78 Å². The van der Waals surface area contributed by atoms with E-state index in [2.05, 4.69) is 20.9 Å². The van der Waals surface area contributed by atoms with Crippen molar-refractivity contribution in [3.63, 3.8) is 0 Å². The molecule has 0 fully saturated rings. The maximum Gasteiger partial charge on any atom is 0.417 e. The Morgan fingerprint density at radius 1 is 1.28 bits per heavy atom. The molecule has 18 heavy (non-hydrogen) atoms. The number of halogens is 4. The number of fused-ring (bicyclic) bond motifs is 1.